The summed E-state index contributed by atoms with van der Waals surface area (Å²) in [6.45, 7) is 5.06. The quantitative estimate of drug-likeness (QED) is 0.787. The molecular weight excluding hydrogens is 312 g/mol. The monoisotopic (exact) mass is 330 g/mol. The van der Waals surface area contributed by atoms with Crippen LogP contribution in [0.2, 0.25) is 0 Å². The van der Waals surface area contributed by atoms with Crippen molar-refractivity contribution in [1.82, 2.24) is 19.9 Å². The van der Waals surface area contributed by atoms with Gasteiger partial charge < -0.3 is 19.1 Å². The van der Waals surface area contributed by atoms with Crippen LogP contribution in [-0.2, 0) is 4.74 Å². The van der Waals surface area contributed by atoms with Crippen LogP contribution in [-0.4, -0.2) is 64.2 Å². The van der Waals surface area contributed by atoms with Crippen LogP contribution in [0, 0.1) is 13.8 Å². The predicted octanol–water partition coefficient (Wildman–Crippen LogP) is 1.51. The molecule has 0 saturated carbocycles. The summed E-state index contributed by atoms with van der Waals surface area (Å²) in [6, 6.07) is 1.76. The molecule has 2 saturated heterocycles. The Morgan fingerprint density at radius 3 is 2.83 bits per heavy atom. The third kappa shape index (κ3) is 2.13. The summed E-state index contributed by atoms with van der Waals surface area (Å²) in [5.74, 6) is -0.112. The SMILES string of the molecule is Cc1cc(C(=O)N2CC[C@@]3(CN(C)C(=O)O3)C2)c2c(C)noc2n1. The van der Waals surface area contributed by atoms with E-state index in [9.17, 15) is 9.59 Å². The van der Waals surface area contributed by atoms with Crippen molar-refractivity contribution in [3.63, 3.8) is 0 Å². The van der Waals surface area contributed by atoms with Crippen LogP contribution in [0.25, 0.3) is 11.1 Å². The zero-order valence-corrected chi connectivity index (χ0v) is 13.8. The van der Waals surface area contributed by atoms with Crippen LogP contribution in [0.5, 0.6) is 0 Å². The number of carbonyl (C=O) groups excluding carboxylic acids is 2. The van der Waals surface area contributed by atoms with Gasteiger partial charge in [-0.25, -0.2) is 9.78 Å². The zero-order chi connectivity index (χ0) is 17.1. The Morgan fingerprint density at radius 2 is 2.12 bits per heavy atom. The number of carbonyl (C=O) groups is 2. The highest BCUT2D eigenvalue weighted by Gasteiger charge is 2.49. The number of rotatable bonds is 1. The molecule has 2 aliphatic rings. The maximum Gasteiger partial charge on any atom is 0.410 e. The molecule has 8 heteroatoms. The molecule has 24 heavy (non-hydrogen) atoms. The summed E-state index contributed by atoms with van der Waals surface area (Å²) >= 11 is 0. The van der Waals surface area contributed by atoms with Gasteiger partial charge in [-0.2, -0.15) is 0 Å². The normalized spacial score (nSPS) is 23.5. The third-order valence-corrected chi connectivity index (χ3v) is 4.72. The van der Waals surface area contributed by atoms with Gasteiger partial charge in [0.2, 0.25) is 0 Å². The molecule has 8 nitrogen and oxygen atoms in total. The van der Waals surface area contributed by atoms with Gasteiger partial charge in [-0.3, -0.25) is 4.79 Å². The number of amides is 2. The van der Waals surface area contributed by atoms with Crippen molar-refractivity contribution in [2.45, 2.75) is 25.9 Å². The summed E-state index contributed by atoms with van der Waals surface area (Å²) in [4.78, 5) is 32.3. The van der Waals surface area contributed by atoms with Crippen LogP contribution in [0.15, 0.2) is 10.6 Å². The van der Waals surface area contributed by atoms with Gasteiger partial charge in [0.05, 0.1) is 29.7 Å². The largest absolute Gasteiger partial charge is 0.439 e. The van der Waals surface area contributed by atoms with E-state index in [-0.39, 0.29) is 12.0 Å². The number of likely N-dealkylation sites (N-methyl/N-ethyl adjacent to an activating group) is 1. The lowest BCUT2D eigenvalue weighted by Crippen LogP contribution is -2.39. The van der Waals surface area contributed by atoms with Crippen LogP contribution >= 0.6 is 0 Å². The first kappa shape index (κ1) is 14.9. The lowest BCUT2D eigenvalue weighted by molar-refractivity contribution is 0.0554. The molecule has 4 rings (SSSR count). The molecule has 0 aromatic carbocycles. The fourth-order valence-electron chi connectivity index (χ4n) is 3.58. The molecule has 126 valence electrons. The molecule has 2 aromatic rings. The number of aromatic nitrogens is 2. The fraction of sp³-hybridized carbons (Fsp3) is 0.500. The van der Waals surface area contributed by atoms with Crippen LogP contribution < -0.4 is 0 Å². The minimum atomic E-state index is -0.591. The Balaban J connectivity index is 1.66. The number of pyridine rings is 1. The summed E-state index contributed by atoms with van der Waals surface area (Å²) < 4.78 is 10.7. The van der Waals surface area contributed by atoms with Gasteiger partial charge in [-0.05, 0) is 19.9 Å². The Labute approximate surface area is 138 Å². The maximum absolute atomic E-state index is 13.0. The van der Waals surface area contributed by atoms with Gasteiger partial charge >= 0.3 is 6.09 Å². The van der Waals surface area contributed by atoms with E-state index < -0.39 is 5.60 Å². The molecule has 0 unspecified atom stereocenters. The van der Waals surface area contributed by atoms with E-state index in [4.69, 9.17) is 9.26 Å². The second-order valence-electron chi connectivity index (χ2n) is 6.64. The number of aryl methyl sites for hydroxylation is 2. The van der Waals surface area contributed by atoms with E-state index in [0.717, 1.165) is 0 Å². The minimum Gasteiger partial charge on any atom is -0.439 e. The first-order valence-electron chi connectivity index (χ1n) is 7.86. The first-order valence-corrected chi connectivity index (χ1v) is 7.86. The van der Waals surface area contributed by atoms with Crippen LogP contribution in [0.3, 0.4) is 0 Å². The van der Waals surface area contributed by atoms with Gasteiger partial charge in [0.25, 0.3) is 11.6 Å². The summed E-state index contributed by atoms with van der Waals surface area (Å²) in [7, 11) is 1.71. The Morgan fingerprint density at radius 1 is 1.33 bits per heavy atom. The predicted molar refractivity (Wildman–Crippen MR) is 83.6 cm³/mol. The summed E-state index contributed by atoms with van der Waals surface area (Å²) in [5.41, 5.74) is 1.65. The van der Waals surface area contributed by atoms with Crippen molar-refractivity contribution >= 4 is 23.1 Å². The molecule has 2 amide bonds. The fourth-order valence-corrected chi connectivity index (χ4v) is 3.58. The second kappa shape index (κ2) is 4.93. The molecular formula is C16H18N4O4. The molecule has 0 aliphatic carbocycles. The van der Waals surface area contributed by atoms with E-state index in [0.29, 0.717) is 54.1 Å². The second-order valence-corrected chi connectivity index (χ2v) is 6.64. The van der Waals surface area contributed by atoms with Gasteiger partial charge in [-0.15, -0.1) is 0 Å². The summed E-state index contributed by atoms with van der Waals surface area (Å²) in [5, 5.41) is 4.56. The molecule has 2 aliphatic heterocycles. The standard InChI is InChI=1S/C16H18N4O4/c1-9-6-11(12-10(2)18-24-13(12)17-9)14(21)20-5-4-16(8-20)7-19(3)15(22)23-16/h6H,4-5,7-8H2,1-3H3/t16-/m1/s1. The smallest absolute Gasteiger partial charge is 0.410 e. The Kier molecular flexibility index (Phi) is 3.06. The third-order valence-electron chi connectivity index (χ3n) is 4.72. The number of fused-ring (bicyclic) bond motifs is 1. The molecule has 2 aromatic heterocycles. The van der Waals surface area contributed by atoms with Crippen LogP contribution in [0.1, 0.15) is 28.2 Å². The van der Waals surface area contributed by atoms with Gasteiger partial charge in [-0.1, -0.05) is 5.16 Å². The first-order chi connectivity index (χ1) is 11.4. The van der Waals surface area contributed by atoms with E-state index in [1.54, 1.807) is 29.8 Å². The number of hydrogen-bond donors (Lipinski definition) is 0. The average molecular weight is 330 g/mol. The van der Waals surface area contributed by atoms with Crippen molar-refractivity contribution < 1.29 is 18.8 Å². The lowest BCUT2D eigenvalue weighted by atomic mass is 10.0. The van der Waals surface area contributed by atoms with Gasteiger partial charge in [0.15, 0.2) is 5.60 Å². The number of hydrogen-bond acceptors (Lipinski definition) is 6. The zero-order valence-electron chi connectivity index (χ0n) is 13.8. The average Bonchev–Trinajstić information content (AvgIpc) is 3.18. The van der Waals surface area contributed by atoms with E-state index in [2.05, 4.69) is 10.1 Å². The molecule has 1 atom stereocenters. The minimum absolute atomic E-state index is 0.112. The Hall–Kier alpha value is -2.64. The number of likely N-dealkylation sites (tertiary alicyclic amines) is 1. The number of nitrogens with zero attached hydrogens (tertiary/aromatic N) is 4. The van der Waals surface area contributed by atoms with Crippen LogP contribution in [0.4, 0.5) is 4.79 Å². The highest BCUT2D eigenvalue weighted by Crippen LogP contribution is 2.33. The highest BCUT2D eigenvalue weighted by molar-refractivity contribution is 6.06. The topological polar surface area (TPSA) is 88.8 Å². The van der Waals surface area contributed by atoms with Gasteiger partial charge in [0.1, 0.15) is 0 Å². The molecule has 0 bridgehead atoms. The van der Waals surface area contributed by atoms with Crippen molar-refractivity contribution in [3.05, 3.63) is 23.0 Å². The van der Waals surface area contributed by atoms with E-state index in [1.165, 1.54) is 0 Å². The lowest BCUT2D eigenvalue weighted by Gasteiger charge is -2.22. The van der Waals surface area contributed by atoms with E-state index in [1.807, 2.05) is 6.92 Å². The molecule has 1 spiro atoms. The van der Waals surface area contributed by atoms with Crippen molar-refractivity contribution in [2.24, 2.45) is 0 Å². The van der Waals surface area contributed by atoms with Crippen molar-refractivity contribution in [2.75, 3.05) is 26.7 Å². The summed E-state index contributed by atoms with van der Waals surface area (Å²) in [6.07, 6.45) is 0.311. The van der Waals surface area contributed by atoms with Crippen molar-refractivity contribution in [3.8, 4) is 0 Å². The molecule has 2 fully saturated rings. The molecule has 0 radical (unpaired) electrons. The maximum atomic E-state index is 13.0. The van der Waals surface area contributed by atoms with Crippen molar-refractivity contribution in [1.29, 1.82) is 0 Å². The highest BCUT2D eigenvalue weighted by atomic mass is 16.6. The molecule has 0 N–H and O–H groups in total. The van der Waals surface area contributed by atoms with E-state index >= 15 is 0 Å². The number of ether oxygens (including phenoxy) is 1. The Bertz CT molecular complexity index is 861. The van der Waals surface area contributed by atoms with Gasteiger partial charge in [0, 0.05) is 25.7 Å². The molecule has 4 heterocycles.